The van der Waals surface area contributed by atoms with E-state index in [2.05, 4.69) is 5.32 Å². The highest BCUT2D eigenvalue weighted by atomic mass is 16.7. The first-order valence-corrected chi connectivity index (χ1v) is 6.79. The van der Waals surface area contributed by atoms with Crippen molar-refractivity contribution in [3.05, 3.63) is 35.9 Å². The number of methoxy groups -OCH3 is 2. The Morgan fingerprint density at radius 3 is 2.52 bits per heavy atom. The first-order chi connectivity index (χ1) is 10.2. The van der Waals surface area contributed by atoms with Crippen LogP contribution in [0.3, 0.4) is 0 Å². The maximum atomic E-state index is 12.0. The molecule has 2 N–H and O–H groups in total. The number of carbonyl (C=O) groups is 1. The van der Waals surface area contributed by atoms with Gasteiger partial charge in [0.25, 0.3) is 0 Å². The Labute approximate surface area is 125 Å². The lowest BCUT2D eigenvalue weighted by Gasteiger charge is -2.19. The summed E-state index contributed by atoms with van der Waals surface area (Å²) in [5.41, 5.74) is 0.850. The molecule has 6 nitrogen and oxygen atoms in total. The predicted octanol–water partition coefficient (Wildman–Crippen LogP) is 0.862. The molecule has 0 fully saturated rings. The number of hydrogen-bond acceptors (Lipinski definition) is 5. The number of carbonyl (C=O) groups excluding carboxylic acids is 1. The SMILES string of the molecule is COCCOC(CC(=O)N[C@@H](CO)c1ccccc1)OC. The Hall–Kier alpha value is -1.47. The minimum absolute atomic E-state index is 0.0591. The van der Waals surface area contributed by atoms with Crippen molar-refractivity contribution in [1.29, 1.82) is 0 Å². The summed E-state index contributed by atoms with van der Waals surface area (Å²) in [5, 5.41) is 12.2. The summed E-state index contributed by atoms with van der Waals surface area (Å²) in [5.74, 6) is -0.248. The van der Waals surface area contributed by atoms with Crippen LogP contribution in [0, 0.1) is 0 Å². The number of amides is 1. The molecule has 0 heterocycles. The van der Waals surface area contributed by atoms with Crippen LogP contribution in [0.15, 0.2) is 30.3 Å². The van der Waals surface area contributed by atoms with Crippen LogP contribution < -0.4 is 5.32 Å². The van der Waals surface area contributed by atoms with Gasteiger partial charge in [-0.3, -0.25) is 4.79 Å². The number of ether oxygens (including phenoxy) is 3. The van der Waals surface area contributed by atoms with Gasteiger partial charge in [0, 0.05) is 14.2 Å². The Balaban J connectivity index is 2.46. The zero-order valence-electron chi connectivity index (χ0n) is 12.5. The van der Waals surface area contributed by atoms with Crippen LogP contribution in [-0.4, -0.2) is 51.3 Å². The lowest BCUT2D eigenvalue weighted by atomic mass is 10.1. The van der Waals surface area contributed by atoms with Crippen LogP contribution in [0.5, 0.6) is 0 Å². The first kappa shape index (κ1) is 17.6. The topological polar surface area (TPSA) is 77.0 Å². The van der Waals surface area contributed by atoms with E-state index in [-0.39, 0.29) is 18.9 Å². The zero-order valence-corrected chi connectivity index (χ0v) is 12.5. The Morgan fingerprint density at radius 2 is 1.95 bits per heavy atom. The standard InChI is InChI=1S/C15H23NO5/c1-19-8-9-21-15(20-2)10-14(18)16-13(11-17)12-6-4-3-5-7-12/h3-7,13,15,17H,8-11H2,1-2H3,(H,16,18)/t13-,15?/m0/s1. The Bertz CT molecular complexity index is 398. The molecular formula is C15H23NO5. The highest BCUT2D eigenvalue weighted by molar-refractivity contribution is 5.76. The van der Waals surface area contributed by atoms with E-state index in [1.54, 1.807) is 7.11 Å². The smallest absolute Gasteiger partial charge is 0.225 e. The normalized spacial score (nSPS) is 13.7. The number of benzene rings is 1. The zero-order chi connectivity index (χ0) is 15.5. The number of aliphatic hydroxyl groups excluding tert-OH is 1. The molecule has 1 aromatic rings. The summed E-state index contributed by atoms with van der Waals surface area (Å²) in [6.45, 7) is 0.618. The van der Waals surface area contributed by atoms with Crippen LogP contribution in [0.4, 0.5) is 0 Å². The molecule has 2 atom stereocenters. The fourth-order valence-corrected chi connectivity index (χ4v) is 1.80. The van der Waals surface area contributed by atoms with Gasteiger partial charge in [0.2, 0.25) is 5.91 Å². The van der Waals surface area contributed by atoms with Gasteiger partial charge in [-0.15, -0.1) is 0 Å². The lowest BCUT2D eigenvalue weighted by Crippen LogP contribution is -2.34. The van der Waals surface area contributed by atoms with E-state index < -0.39 is 12.3 Å². The molecule has 21 heavy (non-hydrogen) atoms. The molecule has 0 bridgehead atoms. The number of aliphatic hydroxyl groups is 1. The van der Waals surface area contributed by atoms with E-state index in [1.807, 2.05) is 30.3 Å². The van der Waals surface area contributed by atoms with E-state index in [1.165, 1.54) is 7.11 Å². The van der Waals surface area contributed by atoms with E-state index in [0.29, 0.717) is 13.2 Å². The molecule has 1 aromatic carbocycles. The fraction of sp³-hybridized carbons (Fsp3) is 0.533. The minimum Gasteiger partial charge on any atom is -0.394 e. The molecule has 0 saturated heterocycles. The molecule has 0 aliphatic heterocycles. The maximum absolute atomic E-state index is 12.0. The van der Waals surface area contributed by atoms with Crippen molar-refractivity contribution in [3.63, 3.8) is 0 Å². The van der Waals surface area contributed by atoms with Crippen molar-refractivity contribution in [2.45, 2.75) is 18.8 Å². The van der Waals surface area contributed by atoms with E-state index in [4.69, 9.17) is 14.2 Å². The molecular weight excluding hydrogens is 274 g/mol. The summed E-state index contributed by atoms with van der Waals surface area (Å²) in [6, 6.07) is 8.86. The molecule has 6 heteroatoms. The molecule has 0 aliphatic rings. The van der Waals surface area contributed by atoms with E-state index >= 15 is 0 Å². The van der Waals surface area contributed by atoms with E-state index in [9.17, 15) is 9.90 Å². The van der Waals surface area contributed by atoms with Gasteiger partial charge in [-0.1, -0.05) is 30.3 Å². The molecule has 0 saturated carbocycles. The second-order valence-corrected chi connectivity index (χ2v) is 4.45. The molecule has 1 rings (SSSR count). The summed E-state index contributed by atoms with van der Waals surface area (Å²) >= 11 is 0. The third-order valence-electron chi connectivity index (χ3n) is 2.93. The average Bonchev–Trinajstić information content (AvgIpc) is 2.52. The minimum atomic E-state index is -0.629. The van der Waals surface area contributed by atoms with Gasteiger partial charge in [-0.2, -0.15) is 0 Å². The third-order valence-corrected chi connectivity index (χ3v) is 2.93. The third kappa shape index (κ3) is 6.68. The van der Waals surface area contributed by atoms with Crippen LogP contribution in [-0.2, 0) is 19.0 Å². The fourth-order valence-electron chi connectivity index (χ4n) is 1.80. The molecule has 0 aliphatic carbocycles. The van der Waals surface area contributed by atoms with Crippen molar-refractivity contribution in [2.75, 3.05) is 34.0 Å². The number of nitrogens with one attached hydrogen (secondary N) is 1. The van der Waals surface area contributed by atoms with Gasteiger partial charge in [-0.25, -0.2) is 0 Å². The molecule has 0 spiro atoms. The van der Waals surface area contributed by atoms with Gasteiger partial charge in [0.05, 0.1) is 32.3 Å². The Kier molecular flexibility index (Phi) is 8.61. The molecule has 1 unspecified atom stereocenters. The summed E-state index contributed by atoms with van der Waals surface area (Å²) in [6.07, 6.45) is -0.570. The van der Waals surface area contributed by atoms with Crippen LogP contribution in [0.2, 0.25) is 0 Å². The van der Waals surface area contributed by atoms with Crippen LogP contribution in [0.25, 0.3) is 0 Å². The van der Waals surface area contributed by atoms with Crippen molar-refractivity contribution >= 4 is 5.91 Å². The summed E-state index contributed by atoms with van der Waals surface area (Å²) in [7, 11) is 3.05. The second-order valence-electron chi connectivity index (χ2n) is 4.45. The quantitative estimate of drug-likeness (QED) is 0.495. The first-order valence-electron chi connectivity index (χ1n) is 6.79. The second kappa shape index (κ2) is 10.3. The molecule has 118 valence electrons. The monoisotopic (exact) mass is 297 g/mol. The molecule has 0 aromatic heterocycles. The number of hydrogen-bond donors (Lipinski definition) is 2. The van der Waals surface area contributed by atoms with Crippen molar-refractivity contribution in [1.82, 2.24) is 5.32 Å². The largest absolute Gasteiger partial charge is 0.394 e. The van der Waals surface area contributed by atoms with Crippen LogP contribution >= 0.6 is 0 Å². The maximum Gasteiger partial charge on any atom is 0.225 e. The highest BCUT2D eigenvalue weighted by Gasteiger charge is 2.18. The number of rotatable bonds is 10. The van der Waals surface area contributed by atoms with Gasteiger partial charge in [0.15, 0.2) is 6.29 Å². The lowest BCUT2D eigenvalue weighted by molar-refractivity contribution is -0.151. The van der Waals surface area contributed by atoms with Gasteiger partial charge >= 0.3 is 0 Å². The van der Waals surface area contributed by atoms with Crippen LogP contribution in [0.1, 0.15) is 18.0 Å². The van der Waals surface area contributed by atoms with Crippen molar-refractivity contribution < 1.29 is 24.1 Å². The van der Waals surface area contributed by atoms with Crippen molar-refractivity contribution in [3.8, 4) is 0 Å². The van der Waals surface area contributed by atoms with Gasteiger partial charge in [0.1, 0.15) is 0 Å². The highest BCUT2D eigenvalue weighted by Crippen LogP contribution is 2.12. The van der Waals surface area contributed by atoms with Gasteiger partial charge < -0.3 is 24.6 Å². The Morgan fingerprint density at radius 1 is 1.24 bits per heavy atom. The van der Waals surface area contributed by atoms with E-state index in [0.717, 1.165) is 5.56 Å². The average molecular weight is 297 g/mol. The molecule has 0 radical (unpaired) electrons. The van der Waals surface area contributed by atoms with Crippen molar-refractivity contribution in [2.24, 2.45) is 0 Å². The molecule has 1 amide bonds. The predicted molar refractivity (Wildman–Crippen MR) is 77.7 cm³/mol. The van der Waals surface area contributed by atoms with Gasteiger partial charge in [-0.05, 0) is 5.56 Å². The summed E-state index contributed by atoms with van der Waals surface area (Å²) < 4.78 is 15.3. The summed E-state index contributed by atoms with van der Waals surface area (Å²) in [4.78, 5) is 12.0.